The molecule has 0 saturated heterocycles. The van der Waals surface area contributed by atoms with Gasteiger partial charge in [-0.1, -0.05) is 11.8 Å². The zero-order chi connectivity index (χ0) is 15.2. The standard InChI is InChI=1S/C17H20FNO2/c1-2-19(12-13-6-7-13)17(21)15-9-8-14(16(18)11-15)5-3-4-10-20/h8-9,11,13,20H,2,4,6-7,10,12H2,1H3. The molecule has 0 heterocycles. The van der Waals surface area contributed by atoms with Crippen LogP contribution in [0.1, 0.15) is 42.1 Å². The Morgan fingerprint density at radius 2 is 2.24 bits per heavy atom. The monoisotopic (exact) mass is 289 g/mol. The van der Waals surface area contributed by atoms with Gasteiger partial charge in [0, 0.05) is 25.1 Å². The first-order valence-corrected chi connectivity index (χ1v) is 7.34. The van der Waals surface area contributed by atoms with Crippen LogP contribution in [0.3, 0.4) is 0 Å². The highest BCUT2D eigenvalue weighted by Gasteiger charge is 2.26. The topological polar surface area (TPSA) is 40.5 Å². The molecule has 1 aliphatic carbocycles. The summed E-state index contributed by atoms with van der Waals surface area (Å²) in [6, 6.07) is 4.39. The Labute approximate surface area is 124 Å². The second-order valence-corrected chi connectivity index (χ2v) is 5.26. The predicted octanol–water partition coefficient (Wildman–Crippen LogP) is 2.43. The molecule has 1 amide bonds. The van der Waals surface area contributed by atoms with Gasteiger partial charge < -0.3 is 10.0 Å². The number of hydrogen-bond donors (Lipinski definition) is 1. The Morgan fingerprint density at radius 1 is 1.48 bits per heavy atom. The summed E-state index contributed by atoms with van der Waals surface area (Å²) in [5.41, 5.74) is 0.618. The lowest BCUT2D eigenvalue weighted by molar-refractivity contribution is 0.0756. The van der Waals surface area contributed by atoms with Gasteiger partial charge in [-0.2, -0.15) is 0 Å². The predicted molar refractivity (Wildman–Crippen MR) is 79.3 cm³/mol. The van der Waals surface area contributed by atoms with Gasteiger partial charge in [0.05, 0.1) is 12.2 Å². The first-order chi connectivity index (χ1) is 10.2. The van der Waals surface area contributed by atoms with Crippen LogP contribution in [0.25, 0.3) is 0 Å². The van der Waals surface area contributed by atoms with E-state index in [9.17, 15) is 9.18 Å². The summed E-state index contributed by atoms with van der Waals surface area (Å²) in [7, 11) is 0. The summed E-state index contributed by atoms with van der Waals surface area (Å²) in [6.45, 7) is 3.28. The van der Waals surface area contributed by atoms with E-state index in [4.69, 9.17) is 5.11 Å². The number of nitrogens with zero attached hydrogens (tertiary/aromatic N) is 1. The molecule has 1 aromatic rings. The van der Waals surface area contributed by atoms with Crippen molar-refractivity contribution < 1.29 is 14.3 Å². The van der Waals surface area contributed by atoms with Gasteiger partial charge in [-0.05, 0) is 43.9 Å². The fourth-order valence-corrected chi connectivity index (χ4v) is 2.11. The van der Waals surface area contributed by atoms with E-state index in [2.05, 4.69) is 11.8 Å². The Balaban J connectivity index is 2.11. The molecule has 112 valence electrons. The number of halogens is 1. The zero-order valence-electron chi connectivity index (χ0n) is 12.2. The van der Waals surface area contributed by atoms with Crippen molar-refractivity contribution >= 4 is 5.91 Å². The van der Waals surface area contributed by atoms with Crippen LogP contribution in [0.5, 0.6) is 0 Å². The molecule has 1 saturated carbocycles. The normalized spacial score (nSPS) is 13.5. The molecule has 4 heteroatoms. The van der Waals surface area contributed by atoms with Gasteiger partial charge in [-0.15, -0.1) is 0 Å². The third kappa shape index (κ3) is 4.30. The lowest BCUT2D eigenvalue weighted by Gasteiger charge is -2.20. The van der Waals surface area contributed by atoms with Gasteiger partial charge >= 0.3 is 0 Å². The van der Waals surface area contributed by atoms with Crippen molar-refractivity contribution in [2.75, 3.05) is 19.7 Å². The van der Waals surface area contributed by atoms with E-state index in [0.29, 0.717) is 24.4 Å². The summed E-state index contributed by atoms with van der Waals surface area (Å²) in [6.07, 6.45) is 2.67. The highest BCUT2D eigenvalue weighted by Crippen LogP contribution is 2.30. The van der Waals surface area contributed by atoms with Crippen molar-refractivity contribution in [1.29, 1.82) is 0 Å². The quantitative estimate of drug-likeness (QED) is 0.846. The molecule has 0 spiro atoms. The molecular formula is C17H20FNO2. The number of amides is 1. The summed E-state index contributed by atoms with van der Waals surface area (Å²) in [4.78, 5) is 14.1. The van der Waals surface area contributed by atoms with Gasteiger partial charge in [0.25, 0.3) is 5.91 Å². The van der Waals surface area contributed by atoms with Crippen LogP contribution in [0.2, 0.25) is 0 Å². The van der Waals surface area contributed by atoms with Crippen LogP contribution in [0.15, 0.2) is 18.2 Å². The van der Waals surface area contributed by atoms with E-state index < -0.39 is 5.82 Å². The number of benzene rings is 1. The Kier molecular flexibility index (Phi) is 5.35. The van der Waals surface area contributed by atoms with E-state index >= 15 is 0 Å². The smallest absolute Gasteiger partial charge is 0.253 e. The van der Waals surface area contributed by atoms with Gasteiger partial charge in [-0.25, -0.2) is 4.39 Å². The molecule has 0 aliphatic heterocycles. The van der Waals surface area contributed by atoms with E-state index in [1.165, 1.54) is 25.0 Å². The van der Waals surface area contributed by atoms with Gasteiger partial charge in [0.2, 0.25) is 0 Å². The minimum Gasteiger partial charge on any atom is -0.395 e. The second kappa shape index (κ2) is 7.24. The fourth-order valence-electron chi connectivity index (χ4n) is 2.11. The van der Waals surface area contributed by atoms with Gasteiger partial charge in [-0.3, -0.25) is 4.79 Å². The van der Waals surface area contributed by atoms with Crippen LogP contribution >= 0.6 is 0 Å². The van der Waals surface area contributed by atoms with Crippen molar-refractivity contribution in [3.05, 3.63) is 35.1 Å². The molecule has 0 unspecified atom stereocenters. The molecule has 0 radical (unpaired) electrons. The Hall–Kier alpha value is -1.86. The average molecular weight is 289 g/mol. The number of rotatable bonds is 5. The molecule has 2 rings (SSSR count). The fraction of sp³-hybridized carbons (Fsp3) is 0.471. The summed E-state index contributed by atoms with van der Waals surface area (Å²) in [5.74, 6) is 5.32. The van der Waals surface area contributed by atoms with Crippen molar-refractivity contribution in [1.82, 2.24) is 4.90 Å². The van der Waals surface area contributed by atoms with Crippen LogP contribution in [0.4, 0.5) is 4.39 Å². The molecule has 0 bridgehead atoms. The SMILES string of the molecule is CCN(CC1CC1)C(=O)c1ccc(C#CCCO)c(F)c1. The molecule has 1 aliphatic rings. The molecule has 1 aromatic carbocycles. The largest absolute Gasteiger partial charge is 0.395 e. The molecule has 0 atom stereocenters. The van der Waals surface area contributed by atoms with Crippen molar-refractivity contribution in [2.45, 2.75) is 26.2 Å². The van der Waals surface area contributed by atoms with Gasteiger partial charge in [0.15, 0.2) is 0 Å². The number of carbonyl (C=O) groups excluding carboxylic acids is 1. The van der Waals surface area contributed by atoms with E-state index in [1.54, 1.807) is 11.0 Å². The second-order valence-electron chi connectivity index (χ2n) is 5.26. The molecule has 21 heavy (non-hydrogen) atoms. The van der Waals surface area contributed by atoms with Crippen LogP contribution in [-0.2, 0) is 0 Å². The molecule has 1 N–H and O–H groups in total. The van der Waals surface area contributed by atoms with Crippen molar-refractivity contribution in [3.63, 3.8) is 0 Å². The Bertz CT molecular complexity index is 570. The first-order valence-electron chi connectivity index (χ1n) is 7.34. The van der Waals surface area contributed by atoms with Crippen LogP contribution in [-0.4, -0.2) is 35.6 Å². The molecule has 1 fully saturated rings. The van der Waals surface area contributed by atoms with Crippen LogP contribution in [0, 0.1) is 23.6 Å². The zero-order valence-corrected chi connectivity index (χ0v) is 12.2. The average Bonchev–Trinajstić information content (AvgIpc) is 3.30. The number of aliphatic hydroxyl groups is 1. The van der Waals surface area contributed by atoms with E-state index in [1.807, 2.05) is 6.92 Å². The van der Waals surface area contributed by atoms with Crippen molar-refractivity contribution in [3.8, 4) is 11.8 Å². The summed E-state index contributed by atoms with van der Waals surface area (Å²) >= 11 is 0. The van der Waals surface area contributed by atoms with Gasteiger partial charge in [0.1, 0.15) is 5.82 Å². The number of aliphatic hydroxyl groups excluding tert-OH is 1. The lowest BCUT2D eigenvalue weighted by atomic mass is 10.1. The molecule has 0 aromatic heterocycles. The molecular weight excluding hydrogens is 269 g/mol. The van der Waals surface area contributed by atoms with E-state index in [0.717, 1.165) is 6.54 Å². The number of hydrogen-bond acceptors (Lipinski definition) is 2. The van der Waals surface area contributed by atoms with Crippen LogP contribution < -0.4 is 0 Å². The maximum atomic E-state index is 13.9. The lowest BCUT2D eigenvalue weighted by Crippen LogP contribution is -2.32. The minimum atomic E-state index is -0.492. The third-order valence-corrected chi connectivity index (χ3v) is 3.52. The maximum Gasteiger partial charge on any atom is 0.253 e. The third-order valence-electron chi connectivity index (χ3n) is 3.52. The van der Waals surface area contributed by atoms with E-state index in [-0.39, 0.29) is 18.1 Å². The first kappa shape index (κ1) is 15.5. The summed E-state index contributed by atoms with van der Waals surface area (Å²) in [5, 5.41) is 8.65. The highest BCUT2D eigenvalue weighted by atomic mass is 19.1. The minimum absolute atomic E-state index is 0.0438. The van der Waals surface area contributed by atoms with Crippen molar-refractivity contribution in [2.24, 2.45) is 5.92 Å². The number of carbonyl (C=O) groups is 1. The highest BCUT2D eigenvalue weighted by molar-refractivity contribution is 5.94. The summed E-state index contributed by atoms with van der Waals surface area (Å²) < 4.78 is 13.9. The maximum absolute atomic E-state index is 13.9. The molecule has 3 nitrogen and oxygen atoms in total. The Morgan fingerprint density at radius 3 is 2.81 bits per heavy atom.